The lowest BCUT2D eigenvalue weighted by atomic mass is 10.2. The molecule has 9 heteroatoms. The number of aromatic nitrogens is 4. The average molecular weight is 336 g/mol. The van der Waals surface area contributed by atoms with Gasteiger partial charge in [-0.2, -0.15) is 4.31 Å². The summed E-state index contributed by atoms with van der Waals surface area (Å²) in [6.07, 6.45) is 7.77. The lowest BCUT2D eigenvalue weighted by Gasteiger charge is -2.25. The zero-order valence-electron chi connectivity index (χ0n) is 12.8. The van der Waals surface area contributed by atoms with Crippen molar-refractivity contribution in [3.63, 3.8) is 0 Å². The van der Waals surface area contributed by atoms with Crippen molar-refractivity contribution in [1.29, 1.82) is 0 Å². The molecule has 1 aliphatic heterocycles. The van der Waals surface area contributed by atoms with Gasteiger partial charge < -0.3 is 5.32 Å². The predicted molar refractivity (Wildman–Crippen MR) is 85.4 cm³/mol. The molecular formula is C14H20N6O2S. The van der Waals surface area contributed by atoms with Gasteiger partial charge in [0, 0.05) is 32.0 Å². The van der Waals surface area contributed by atoms with E-state index in [1.807, 2.05) is 0 Å². The Labute approximate surface area is 135 Å². The van der Waals surface area contributed by atoms with Gasteiger partial charge in [0.25, 0.3) is 0 Å². The molecule has 0 atom stereocenters. The van der Waals surface area contributed by atoms with E-state index in [1.54, 1.807) is 33.5 Å². The Morgan fingerprint density at radius 2 is 2.00 bits per heavy atom. The normalized spacial score (nSPS) is 16.3. The number of nitrogens with zero attached hydrogens (tertiary/aromatic N) is 5. The minimum atomic E-state index is -3.41. The van der Waals surface area contributed by atoms with Crippen molar-refractivity contribution >= 4 is 15.8 Å². The smallest absolute Gasteiger partial charge is 0.244 e. The molecule has 2 aromatic rings. The van der Waals surface area contributed by atoms with Crippen molar-refractivity contribution < 1.29 is 8.42 Å². The average Bonchev–Trinajstić information content (AvgIpc) is 3.10. The summed E-state index contributed by atoms with van der Waals surface area (Å²) in [6, 6.07) is 3.30. The van der Waals surface area contributed by atoms with Crippen LogP contribution in [0.25, 0.3) is 0 Å². The summed E-state index contributed by atoms with van der Waals surface area (Å²) in [7, 11) is -3.41. The van der Waals surface area contributed by atoms with Crippen molar-refractivity contribution in [2.45, 2.75) is 30.7 Å². The number of sulfonamides is 1. The summed E-state index contributed by atoms with van der Waals surface area (Å²) in [4.78, 5) is 4.45. The first-order chi connectivity index (χ1) is 11.2. The Balaban J connectivity index is 1.59. The third-order valence-corrected chi connectivity index (χ3v) is 5.69. The number of hydrogen-bond acceptors (Lipinski definition) is 6. The van der Waals surface area contributed by atoms with E-state index in [1.165, 1.54) is 6.20 Å². The Morgan fingerprint density at radius 3 is 2.65 bits per heavy atom. The molecule has 2 aromatic heterocycles. The largest absolute Gasteiger partial charge is 0.368 e. The van der Waals surface area contributed by atoms with Crippen LogP contribution in [0.15, 0.2) is 35.6 Å². The van der Waals surface area contributed by atoms with Crippen LogP contribution in [0.4, 0.5) is 5.82 Å². The number of pyridine rings is 1. The third-order valence-electron chi connectivity index (χ3n) is 3.81. The van der Waals surface area contributed by atoms with Crippen molar-refractivity contribution in [2.75, 3.05) is 25.0 Å². The summed E-state index contributed by atoms with van der Waals surface area (Å²) in [5.41, 5.74) is 0. The summed E-state index contributed by atoms with van der Waals surface area (Å²) >= 11 is 0. The summed E-state index contributed by atoms with van der Waals surface area (Å²) in [5, 5.41) is 10.7. The van der Waals surface area contributed by atoms with Gasteiger partial charge in [-0.25, -0.2) is 13.4 Å². The highest BCUT2D eigenvalue weighted by Gasteiger charge is 2.25. The van der Waals surface area contributed by atoms with Gasteiger partial charge in [-0.3, -0.25) is 4.68 Å². The van der Waals surface area contributed by atoms with E-state index in [4.69, 9.17) is 0 Å². The van der Waals surface area contributed by atoms with Gasteiger partial charge in [-0.15, -0.1) is 5.10 Å². The molecule has 8 nitrogen and oxygen atoms in total. The first-order valence-corrected chi connectivity index (χ1v) is 9.14. The molecular weight excluding hydrogens is 316 g/mol. The van der Waals surface area contributed by atoms with Crippen LogP contribution in [0, 0.1) is 0 Å². The van der Waals surface area contributed by atoms with Gasteiger partial charge in [0.1, 0.15) is 10.7 Å². The van der Waals surface area contributed by atoms with Crippen molar-refractivity contribution in [2.24, 2.45) is 0 Å². The van der Waals surface area contributed by atoms with E-state index >= 15 is 0 Å². The van der Waals surface area contributed by atoms with E-state index in [0.29, 0.717) is 32.0 Å². The molecule has 3 rings (SSSR count). The van der Waals surface area contributed by atoms with Crippen LogP contribution in [0.5, 0.6) is 0 Å². The van der Waals surface area contributed by atoms with Gasteiger partial charge >= 0.3 is 0 Å². The van der Waals surface area contributed by atoms with Gasteiger partial charge in [-0.05, 0) is 25.0 Å². The molecule has 0 aromatic carbocycles. The molecule has 1 N–H and O–H groups in total. The molecule has 3 heterocycles. The highest BCUT2D eigenvalue weighted by molar-refractivity contribution is 7.89. The molecule has 0 aliphatic carbocycles. The number of nitrogens with one attached hydrogen (secondary N) is 1. The molecule has 0 radical (unpaired) electrons. The molecule has 0 spiro atoms. The summed E-state index contributed by atoms with van der Waals surface area (Å²) < 4.78 is 28.3. The van der Waals surface area contributed by atoms with Crippen LogP contribution >= 0.6 is 0 Å². The first kappa shape index (κ1) is 15.9. The topological polar surface area (TPSA) is 93.0 Å². The van der Waals surface area contributed by atoms with E-state index in [2.05, 4.69) is 20.6 Å². The zero-order valence-corrected chi connectivity index (χ0v) is 13.6. The second kappa shape index (κ2) is 7.05. The maximum atomic E-state index is 12.5. The third kappa shape index (κ3) is 3.85. The molecule has 0 saturated carbocycles. The Morgan fingerprint density at radius 1 is 1.17 bits per heavy atom. The van der Waals surface area contributed by atoms with E-state index in [0.717, 1.165) is 19.3 Å². The molecule has 0 bridgehead atoms. The first-order valence-electron chi connectivity index (χ1n) is 7.70. The van der Waals surface area contributed by atoms with E-state index in [9.17, 15) is 8.42 Å². The fraction of sp³-hybridized carbons (Fsp3) is 0.500. The molecule has 0 amide bonds. The SMILES string of the molecule is O=S(=O)(c1ccc(NCCn2ccnn2)nc1)N1CCCCC1. The van der Waals surface area contributed by atoms with Crippen LogP contribution in [-0.4, -0.2) is 52.3 Å². The predicted octanol–water partition coefficient (Wildman–Crippen LogP) is 0.960. The van der Waals surface area contributed by atoms with Crippen molar-refractivity contribution in [1.82, 2.24) is 24.3 Å². The molecule has 0 unspecified atom stereocenters. The lowest BCUT2D eigenvalue weighted by molar-refractivity contribution is 0.346. The molecule has 1 saturated heterocycles. The van der Waals surface area contributed by atoms with Crippen molar-refractivity contribution in [3.8, 4) is 0 Å². The molecule has 1 aliphatic rings. The maximum Gasteiger partial charge on any atom is 0.244 e. The number of anilines is 1. The Hall–Kier alpha value is -2.00. The van der Waals surface area contributed by atoms with E-state index in [-0.39, 0.29) is 4.90 Å². The van der Waals surface area contributed by atoms with Gasteiger partial charge in [0.05, 0.1) is 12.7 Å². The van der Waals surface area contributed by atoms with Crippen molar-refractivity contribution in [3.05, 3.63) is 30.7 Å². The van der Waals surface area contributed by atoms with Crippen LogP contribution < -0.4 is 5.32 Å². The fourth-order valence-corrected chi connectivity index (χ4v) is 4.01. The van der Waals surface area contributed by atoms with Crippen LogP contribution in [0.3, 0.4) is 0 Å². The second-order valence-electron chi connectivity index (χ2n) is 5.44. The molecule has 1 fully saturated rings. The number of hydrogen-bond donors (Lipinski definition) is 1. The maximum absolute atomic E-state index is 12.5. The molecule has 23 heavy (non-hydrogen) atoms. The highest BCUT2D eigenvalue weighted by atomic mass is 32.2. The highest BCUT2D eigenvalue weighted by Crippen LogP contribution is 2.20. The standard InChI is InChI=1S/C14H20N6O2S/c21-23(22,20-8-2-1-3-9-20)13-4-5-14(16-12-13)15-6-10-19-11-7-17-18-19/h4-5,7,11-12H,1-3,6,8-10H2,(H,15,16). The van der Waals surface area contributed by atoms with E-state index < -0.39 is 10.0 Å². The van der Waals surface area contributed by atoms with Gasteiger partial charge in [-0.1, -0.05) is 11.6 Å². The molecule has 124 valence electrons. The second-order valence-corrected chi connectivity index (χ2v) is 7.37. The summed E-state index contributed by atoms with van der Waals surface area (Å²) in [5.74, 6) is 0.641. The minimum absolute atomic E-state index is 0.251. The quantitative estimate of drug-likeness (QED) is 0.844. The summed E-state index contributed by atoms with van der Waals surface area (Å²) in [6.45, 7) is 2.49. The Kier molecular flexibility index (Phi) is 4.87. The van der Waals surface area contributed by atoms with Crippen LogP contribution in [-0.2, 0) is 16.6 Å². The minimum Gasteiger partial charge on any atom is -0.368 e. The van der Waals surface area contributed by atoms with Gasteiger partial charge in [0.15, 0.2) is 0 Å². The van der Waals surface area contributed by atoms with Gasteiger partial charge in [0.2, 0.25) is 10.0 Å². The zero-order chi connectivity index (χ0) is 16.1. The number of piperidine rings is 1. The van der Waals surface area contributed by atoms with Crippen LogP contribution in [0.1, 0.15) is 19.3 Å². The Bertz CT molecular complexity index is 708. The monoisotopic (exact) mass is 336 g/mol. The lowest BCUT2D eigenvalue weighted by Crippen LogP contribution is -2.35. The fourth-order valence-electron chi connectivity index (χ4n) is 2.54. The van der Waals surface area contributed by atoms with Crippen LogP contribution in [0.2, 0.25) is 0 Å². The number of rotatable bonds is 6.